The van der Waals surface area contributed by atoms with Crippen molar-refractivity contribution < 1.29 is 14.5 Å². The largest absolute Gasteiger partial charge is 0.421 e. The first kappa shape index (κ1) is 19.5. The number of hydrogen-bond donors (Lipinski definition) is 0. The van der Waals surface area contributed by atoms with Crippen LogP contribution in [0.15, 0.2) is 23.0 Å². The molecule has 0 atom stereocenters. The predicted octanol–water partition coefficient (Wildman–Crippen LogP) is 4.27. The predicted molar refractivity (Wildman–Crippen MR) is 109 cm³/mol. The number of nitrogens with zero attached hydrogens (tertiary/aromatic N) is 3. The Kier molecular flexibility index (Phi) is 5.10. The maximum absolute atomic E-state index is 13.0. The molecule has 0 radical (unpaired) electrons. The van der Waals surface area contributed by atoms with Gasteiger partial charge in [0.1, 0.15) is 21.3 Å². The molecule has 29 heavy (non-hydrogen) atoms. The van der Waals surface area contributed by atoms with Gasteiger partial charge in [-0.05, 0) is 31.4 Å². The van der Waals surface area contributed by atoms with Gasteiger partial charge in [0.05, 0.1) is 15.3 Å². The SMILES string of the molecule is Cc1c(C(=O)Oc2ccc([N+](=O)[O-])cc2Cl)sc2nc3n(c(=O)c12)CCCCC3. The first-order valence-corrected chi connectivity index (χ1v) is 10.2. The Morgan fingerprint density at radius 2 is 2.14 bits per heavy atom. The molecule has 0 fully saturated rings. The van der Waals surface area contributed by atoms with E-state index in [1.807, 2.05) is 0 Å². The van der Waals surface area contributed by atoms with Gasteiger partial charge in [0, 0.05) is 25.1 Å². The molecular formula is C19H16ClN3O5S. The molecule has 0 aliphatic carbocycles. The van der Waals surface area contributed by atoms with Gasteiger partial charge in [-0.2, -0.15) is 0 Å². The zero-order valence-corrected chi connectivity index (χ0v) is 17.0. The van der Waals surface area contributed by atoms with Gasteiger partial charge in [0.2, 0.25) is 0 Å². The van der Waals surface area contributed by atoms with Crippen molar-refractivity contribution in [3.63, 3.8) is 0 Å². The molecule has 0 unspecified atom stereocenters. The van der Waals surface area contributed by atoms with Crippen molar-refractivity contribution in [3.8, 4) is 5.75 Å². The van der Waals surface area contributed by atoms with Crippen molar-refractivity contribution in [2.45, 2.75) is 39.2 Å². The van der Waals surface area contributed by atoms with E-state index in [1.165, 1.54) is 12.1 Å². The van der Waals surface area contributed by atoms with Crippen LogP contribution in [0.25, 0.3) is 10.2 Å². The summed E-state index contributed by atoms with van der Waals surface area (Å²) in [6, 6.07) is 3.60. The molecule has 3 aromatic rings. The maximum atomic E-state index is 13.0. The van der Waals surface area contributed by atoms with Crippen LogP contribution in [0.4, 0.5) is 5.69 Å². The number of hydrogen-bond acceptors (Lipinski definition) is 7. The highest BCUT2D eigenvalue weighted by Crippen LogP contribution is 2.32. The normalized spacial score (nSPS) is 13.7. The van der Waals surface area contributed by atoms with Crippen LogP contribution in [-0.2, 0) is 13.0 Å². The third kappa shape index (κ3) is 3.51. The Morgan fingerprint density at radius 3 is 2.86 bits per heavy atom. The number of thiophene rings is 1. The molecule has 0 N–H and O–H groups in total. The quantitative estimate of drug-likeness (QED) is 0.264. The van der Waals surface area contributed by atoms with Gasteiger partial charge in [0.15, 0.2) is 0 Å². The zero-order valence-electron chi connectivity index (χ0n) is 15.4. The summed E-state index contributed by atoms with van der Waals surface area (Å²) in [6.45, 7) is 2.32. The zero-order chi connectivity index (χ0) is 20.7. The highest BCUT2D eigenvalue weighted by molar-refractivity contribution is 7.20. The second kappa shape index (κ2) is 7.57. The van der Waals surface area contributed by atoms with E-state index in [4.69, 9.17) is 16.3 Å². The van der Waals surface area contributed by atoms with Crippen LogP contribution in [-0.4, -0.2) is 20.4 Å². The monoisotopic (exact) mass is 433 g/mol. The number of nitro groups is 1. The van der Waals surface area contributed by atoms with Crippen LogP contribution in [0.5, 0.6) is 5.75 Å². The van der Waals surface area contributed by atoms with Crippen LogP contribution in [0.2, 0.25) is 5.02 Å². The number of benzene rings is 1. The van der Waals surface area contributed by atoms with Gasteiger partial charge >= 0.3 is 5.97 Å². The van der Waals surface area contributed by atoms with E-state index in [9.17, 15) is 19.7 Å². The van der Waals surface area contributed by atoms with E-state index in [0.717, 1.165) is 48.9 Å². The number of halogens is 1. The smallest absolute Gasteiger partial charge is 0.354 e. The second-order valence-electron chi connectivity index (χ2n) is 6.79. The summed E-state index contributed by atoms with van der Waals surface area (Å²) in [7, 11) is 0. The topological polar surface area (TPSA) is 104 Å². The Morgan fingerprint density at radius 1 is 1.34 bits per heavy atom. The molecule has 2 aromatic heterocycles. The van der Waals surface area contributed by atoms with Crippen molar-refractivity contribution in [1.29, 1.82) is 0 Å². The van der Waals surface area contributed by atoms with Gasteiger partial charge in [-0.15, -0.1) is 11.3 Å². The lowest BCUT2D eigenvalue weighted by atomic mass is 10.2. The molecule has 150 valence electrons. The molecule has 4 rings (SSSR count). The van der Waals surface area contributed by atoms with E-state index >= 15 is 0 Å². The van der Waals surface area contributed by atoms with Gasteiger partial charge in [-0.3, -0.25) is 19.5 Å². The summed E-state index contributed by atoms with van der Waals surface area (Å²) in [5.41, 5.74) is 0.185. The molecule has 0 spiro atoms. The van der Waals surface area contributed by atoms with E-state index in [-0.39, 0.29) is 26.9 Å². The Hall–Kier alpha value is -2.78. The average Bonchev–Trinajstić information content (AvgIpc) is 2.85. The molecule has 0 amide bonds. The average molecular weight is 434 g/mol. The number of non-ortho nitro benzene ring substituents is 1. The van der Waals surface area contributed by atoms with Crippen LogP contribution in [0.1, 0.15) is 40.3 Å². The fourth-order valence-electron chi connectivity index (χ4n) is 3.44. The number of aromatic nitrogens is 2. The first-order chi connectivity index (χ1) is 13.9. The molecule has 1 aromatic carbocycles. The summed E-state index contributed by atoms with van der Waals surface area (Å²) in [5.74, 6) is 0.0833. The second-order valence-corrected chi connectivity index (χ2v) is 8.20. The summed E-state index contributed by atoms with van der Waals surface area (Å²) in [5, 5.41) is 11.2. The minimum absolute atomic E-state index is 0.0135. The Bertz CT molecular complexity index is 1220. The molecular weight excluding hydrogens is 418 g/mol. The van der Waals surface area contributed by atoms with Gasteiger partial charge in [0.25, 0.3) is 11.2 Å². The van der Waals surface area contributed by atoms with Gasteiger partial charge in [-0.25, -0.2) is 9.78 Å². The van der Waals surface area contributed by atoms with Crippen molar-refractivity contribution in [2.75, 3.05) is 0 Å². The molecule has 1 aliphatic heterocycles. The third-order valence-corrected chi connectivity index (χ3v) is 6.39. The number of aryl methyl sites for hydroxylation is 2. The third-order valence-electron chi connectivity index (χ3n) is 4.93. The van der Waals surface area contributed by atoms with Crippen molar-refractivity contribution in [2.24, 2.45) is 0 Å². The van der Waals surface area contributed by atoms with Crippen molar-refractivity contribution >= 4 is 44.8 Å². The van der Waals surface area contributed by atoms with Crippen LogP contribution in [0.3, 0.4) is 0 Å². The van der Waals surface area contributed by atoms with Gasteiger partial charge in [-0.1, -0.05) is 18.0 Å². The number of rotatable bonds is 3. The number of esters is 1. The molecule has 10 heteroatoms. The van der Waals surface area contributed by atoms with E-state index < -0.39 is 10.9 Å². The highest BCUT2D eigenvalue weighted by Gasteiger charge is 2.24. The lowest BCUT2D eigenvalue weighted by Crippen LogP contribution is -2.24. The lowest BCUT2D eigenvalue weighted by Gasteiger charge is -2.08. The van der Waals surface area contributed by atoms with Crippen molar-refractivity contribution in [3.05, 3.63) is 60.0 Å². The van der Waals surface area contributed by atoms with Crippen LogP contribution < -0.4 is 10.3 Å². The fourth-order valence-corrected chi connectivity index (χ4v) is 4.72. The highest BCUT2D eigenvalue weighted by atomic mass is 35.5. The number of carbonyl (C=O) groups is 1. The Labute approximate surface area is 173 Å². The molecule has 0 bridgehead atoms. The summed E-state index contributed by atoms with van der Waals surface area (Å²) in [4.78, 5) is 41.3. The summed E-state index contributed by atoms with van der Waals surface area (Å²) < 4.78 is 7.05. The summed E-state index contributed by atoms with van der Waals surface area (Å²) in [6.07, 6.45) is 3.70. The first-order valence-electron chi connectivity index (χ1n) is 9.05. The van der Waals surface area contributed by atoms with E-state index in [0.29, 0.717) is 22.3 Å². The van der Waals surface area contributed by atoms with Crippen LogP contribution >= 0.6 is 22.9 Å². The number of carbonyl (C=O) groups excluding carboxylic acids is 1. The fraction of sp³-hybridized carbons (Fsp3) is 0.316. The molecule has 0 saturated heterocycles. The standard InChI is InChI=1S/C19H16ClN3O5S/c1-10-15-17(21-14-5-3-2-4-8-22(14)18(15)24)29-16(10)19(25)28-13-7-6-11(23(26)27)9-12(13)20/h6-7,9H,2-5,8H2,1H3. The minimum Gasteiger partial charge on any atom is -0.421 e. The molecule has 0 saturated carbocycles. The minimum atomic E-state index is -0.680. The lowest BCUT2D eigenvalue weighted by molar-refractivity contribution is -0.384. The molecule has 8 nitrogen and oxygen atoms in total. The maximum Gasteiger partial charge on any atom is 0.354 e. The summed E-state index contributed by atoms with van der Waals surface area (Å²) >= 11 is 7.11. The van der Waals surface area contributed by atoms with Crippen molar-refractivity contribution in [1.82, 2.24) is 9.55 Å². The Balaban J connectivity index is 1.72. The van der Waals surface area contributed by atoms with Gasteiger partial charge < -0.3 is 4.74 Å². The number of fused-ring (bicyclic) bond motifs is 2. The number of ether oxygens (including phenoxy) is 1. The number of nitro benzene ring substituents is 1. The molecule has 1 aliphatic rings. The van der Waals surface area contributed by atoms with Crippen LogP contribution in [0, 0.1) is 17.0 Å². The van der Waals surface area contributed by atoms with E-state index in [2.05, 4.69) is 4.98 Å². The van der Waals surface area contributed by atoms with E-state index in [1.54, 1.807) is 11.5 Å². The molecule has 3 heterocycles.